The van der Waals surface area contributed by atoms with Crippen LogP contribution in [-0.4, -0.2) is 25.6 Å². The molecular formula is C12H8F5NO4. The lowest BCUT2D eigenvalue weighted by Crippen LogP contribution is -2.20. The van der Waals surface area contributed by atoms with Crippen LogP contribution in [0.15, 0.2) is 12.1 Å². The summed E-state index contributed by atoms with van der Waals surface area (Å²) in [6.45, 7) is -2.29. The Kier molecular flexibility index (Phi) is 5.50. The van der Waals surface area contributed by atoms with Gasteiger partial charge in [-0.3, -0.25) is 0 Å². The highest BCUT2D eigenvalue weighted by molar-refractivity contribution is 5.94. The van der Waals surface area contributed by atoms with E-state index in [1.54, 1.807) is 0 Å². The number of hydrogen-bond acceptors (Lipinski definition) is 5. The van der Waals surface area contributed by atoms with Crippen molar-refractivity contribution in [2.45, 2.75) is 19.9 Å². The maximum atomic E-state index is 12.4. The van der Waals surface area contributed by atoms with Gasteiger partial charge in [-0.15, -0.1) is 13.2 Å². The third kappa shape index (κ3) is 4.76. The van der Waals surface area contributed by atoms with E-state index >= 15 is 0 Å². The number of nitrogens with zero attached hydrogens (tertiary/aromatic N) is 1. The minimum absolute atomic E-state index is 0.167. The number of hydrogen-bond donors (Lipinski definition) is 0. The van der Waals surface area contributed by atoms with Crippen LogP contribution in [-0.2, 0) is 4.74 Å². The standard InChI is InChI=1S/C12H8F5NO4/c1-2-20-10(19)7-3-6(5-18)4-8(22-12(15,16)17)9(7)21-11(13)14/h3-4,11H,2H2,1H3. The summed E-state index contributed by atoms with van der Waals surface area (Å²) in [5, 5.41) is 8.74. The van der Waals surface area contributed by atoms with Crippen LogP contribution < -0.4 is 9.47 Å². The maximum absolute atomic E-state index is 12.4. The van der Waals surface area contributed by atoms with E-state index in [1.165, 1.54) is 13.0 Å². The molecule has 0 amide bonds. The summed E-state index contributed by atoms with van der Waals surface area (Å²) in [7, 11) is 0. The SMILES string of the molecule is CCOC(=O)c1cc(C#N)cc(OC(F)(F)F)c1OC(F)F. The van der Waals surface area contributed by atoms with Crippen LogP contribution in [0.3, 0.4) is 0 Å². The third-order valence-electron chi connectivity index (χ3n) is 2.11. The molecule has 0 saturated carbocycles. The summed E-state index contributed by atoms with van der Waals surface area (Å²) in [6.07, 6.45) is -5.24. The van der Waals surface area contributed by atoms with E-state index in [4.69, 9.17) is 5.26 Å². The third-order valence-corrected chi connectivity index (χ3v) is 2.11. The van der Waals surface area contributed by atoms with Crippen molar-refractivity contribution >= 4 is 5.97 Å². The molecule has 0 fully saturated rings. The molecule has 0 bridgehead atoms. The number of carbonyl (C=O) groups excluding carboxylic acids is 1. The lowest BCUT2D eigenvalue weighted by Gasteiger charge is -2.16. The molecule has 0 unspecified atom stereocenters. The topological polar surface area (TPSA) is 68.6 Å². The van der Waals surface area contributed by atoms with Crippen LogP contribution in [0.1, 0.15) is 22.8 Å². The van der Waals surface area contributed by atoms with E-state index in [1.807, 2.05) is 0 Å². The first-order valence-electron chi connectivity index (χ1n) is 5.63. The fraction of sp³-hybridized carbons (Fsp3) is 0.333. The average molecular weight is 325 g/mol. The van der Waals surface area contributed by atoms with Crippen LogP contribution >= 0.6 is 0 Å². The van der Waals surface area contributed by atoms with Crippen molar-refractivity contribution < 1.29 is 41.0 Å². The molecule has 0 aliphatic heterocycles. The molecule has 0 atom stereocenters. The Balaban J connectivity index is 3.48. The Hall–Kier alpha value is -2.57. The molecule has 0 aliphatic carbocycles. The summed E-state index contributed by atoms with van der Waals surface area (Å²) in [5.74, 6) is -3.64. The second-order valence-electron chi connectivity index (χ2n) is 3.61. The Labute approximate surface area is 120 Å². The number of ether oxygens (including phenoxy) is 3. The minimum atomic E-state index is -5.24. The van der Waals surface area contributed by atoms with Gasteiger partial charge in [0.2, 0.25) is 0 Å². The zero-order valence-electron chi connectivity index (χ0n) is 10.9. The molecule has 1 rings (SSSR count). The van der Waals surface area contributed by atoms with Gasteiger partial charge in [-0.25, -0.2) is 4.79 Å². The summed E-state index contributed by atoms with van der Waals surface area (Å²) >= 11 is 0. The number of nitriles is 1. The summed E-state index contributed by atoms with van der Waals surface area (Å²) < 4.78 is 73.6. The van der Waals surface area contributed by atoms with E-state index in [0.717, 1.165) is 6.07 Å². The molecule has 22 heavy (non-hydrogen) atoms. The molecular weight excluding hydrogens is 317 g/mol. The van der Waals surface area contributed by atoms with E-state index in [0.29, 0.717) is 6.07 Å². The quantitative estimate of drug-likeness (QED) is 0.614. The van der Waals surface area contributed by atoms with Crippen molar-refractivity contribution in [2.75, 3.05) is 6.61 Å². The number of carbonyl (C=O) groups is 1. The first-order valence-corrected chi connectivity index (χ1v) is 5.63. The van der Waals surface area contributed by atoms with Crippen LogP contribution in [0.2, 0.25) is 0 Å². The van der Waals surface area contributed by atoms with Gasteiger partial charge in [0, 0.05) is 6.07 Å². The van der Waals surface area contributed by atoms with Gasteiger partial charge in [-0.2, -0.15) is 14.0 Å². The molecule has 0 aromatic heterocycles. The monoisotopic (exact) mass is 325 g/mol. The summed E-state index contributed by atoms with van der Waals surface area (Å²) in [5.41, 5.74) is -1.20. The van der Waals surface area contributed by atoms with Gasteiger partial charge in [0.1, 0.15) is 5.56 Å². The lowest BCUT2D eigenvalue weighted by molar-refractivity contribution is -0.275. The number of halogens is 5. The molecule has 0 N–H and O–H groups in total. The predicted octanol–water partition coefficient (Wildman–Crippen LogP) is 3.23. The zero-order valence-corrected chi connectivity index (χ0v) is 10.9. The Bertz CT molecular complexity index is 594. The van der Waals surface area contributed by atoms with Crippen molar-refractivity contribution in [1.82, 2.24) is 0 Å². The van der Waals surface area contributed by atoms with Crippen LogP contribution in [0.5, 0.6) is 11.5 Å². The lowest BCUT2D eigenvalue weighted by atomic mass is 10.1. The van der Waals surface area contributed by atoms with Gasteiger partial charge in [0.15, 0.2) is 11.5 Å². The highest BCUT2D eigenvalue weighted by atomic mass is 19.4. The number of rotatable bonds is 5. The number of esters is 1. The van der Waals surface area contributed by atoms with Crippen molar-refractivity contribution in [2.24, 2.45) is 0 Å². The normalized spacial score (nSPS) is 11.0. The van der Waals surface area contributed by atoms with E-state index in [9.17, 15) is 26.7 Å². The van der Waals surface area contributed by atoms with Crippen molar-refractivity contribution in [3.63, 3.8) is 0 Å². The Morgan fingerprint density at radius 1 is 1.36 bits per heavy atom. The van der Waals surface area contributed by atoms with Crippen LogP contribution in [0, 0.1) is 11.3 Å². The Morgan fingerprint density at radius 3 is 2.45 bits per heavy atom. The van der Waals surface area contributed by atoms with Gasteiger partial charge in [-0.05, 0) is 13.0 Å². The fourth-order valence-corrected chi connectivity index (χ4v) is 1.44. The van der Waals surface area contributed by atoms with Gasteiger partial charge < -0.3 is 14.2 Å². The summed E-state index contributed by atoms with van der Waals surface area (Å²) in [6, 6.07) is 2.76. The van der Waals surface area contributed by atoms with Crippen molar-refractivity contribution in [1.29, 1.82) is 5.26 Å². The number of alkyl halides is 5. The second-order valence-corrected chi connectivity index (χ2v) is 3.61. The predicted molar refractivity (Wildman–Crippen MR) is 60.4 cm³/mol. The summed E-state index contributed by atoms with van der Waals surface area (Å²) in [4.78, 5) is 11.6. The molecule has 1 aromatic rings. The minimum Gasteiger partial charge on any atom is -0.462 e. The first-order chi connectivity index (χ1) is 10.2. The van der Waals surface area contributed by atoms with E-state index in [2.05, 4.69) is 14.2 Å². The largest absolute Gasteiger partial charge is 0.573 e. The van der Waals surface area contributed by atoms with Gasteiger partial charge in [0.25, 0.3) is 0 Å². The molecule has 1 aromatic carbocycles. The van der Waals surface area contributed by atoms with Gasteiger partial charge in [0.05, 0.1) is 18.2 Å². The smallest absolute Gasteiger partial charge is 0.462 e. The van der Waals surface area contributed by atoms with Crippen LogP contribution in [0.4, 0.5) is 22.0 Å². The molecule has 0 heterocycles. The highest BCUT2D eigenvalue weighted by Crippen LogP contribution is 2.37. The maximum Gasteiger partial charge on any atom is 0.573 e. The van der Waals surface area contributed by atoms with Crippen molar-refractivity contribution in [3.8, 4) is 17.6 Å². The second kappa shape index (κ2) is 6.93. The van der Waals surface area contributed by atoms with Gasteiger partial charge >= 0.3 is 18.9 Å². The van der Waals surface area contributed by atoms with Crippen molar-refractivity contribution in [3.05, 3.63) is 23.3 Å². The molecule has 0 aliphatic rings. The average Bonchev–Trinajstić information content (AvgIpc) is 2.38. The fourth-order valence-electron chi connectivity index (χ4n) is 1.44. The molecule has 120 valence electrons. The molecule has 10 heteroatoms. The first kappa shape index (κ1) is 17.5. The molecule has 0 radical (unpaired) electrons. The molecule has 0 spiro atoms. The van der Waals surface area contributed by atoms with E-state index in [-0.39, 0.29) is 6.61 Å². The van der Waals surface area contributed by atoms with Crippen LogP contribution in [0.25, 0.3) is 0 Å². The number of benzene rings is 1. The highest BCUT2D eigenvalue weighted by Gasteiger charge is 2.35. The Morgan fingerprint density at radius 2 is 2.00 bits per heavy atom. The zero-order chi connectivity index (χ0) is 16.9. The van der Waals surface area contributed by atoms with E-state index < -0.39 is 41.6 Å². The molecule has 5 nitrogen and oxygen atoms in total. The van der Waals surface area contributed by atoms with Gasteiger partial charge in [-0.1, -0.05) is 0 Å². The molecule has 0 saturated heterocycles.